The van der Waals surface area contributed by atoms with E-state index in [1.165, 1.54) is 35.1 Å². The fraction of sp³-hybridized carbons (Fsp3) is 0.455. The van der Waals surface area contributed by atoms with Gasteiger partial charge in [0.05, 0.1) is 6.61 Å². The highest BCUT2D eigenvalue weighted by Crippen LogP contribution is 2.24. The maximum atomic E-state index is 5.77. The lowest BCUT2D eigenvalue weighted by molar-refractivity contribution is 0.213. The zero-order valence-electron chi connectivity index (χ0n) is 17.4. The molecule has 0 fully saturated rings. The Morgan fingerprint density at radius 1 is 1.18 bits per heavy atom. The molecule has 6 heteroatoms. The van der Waals surface area contributed by atoms with E-state index in [0.29, 0.717) is 18.4 Å². The van der Waals surface area contributed by atoms with E-state index < -0.39 is 0 Å². The van der Waals surface area contributed by atoms with Gasteiger partial charge in [0.25, 0.3) is 5.19 Å². The SMILES string of the molecule is C/C=C/COc1cc(C)c(CCCCOc2nc(/C(C)=N/OC)cs2)c(C)c1. The van der Waals surface area contributed by atoms with Gasteiger partial charge in [-0.2, -0.15) is 0 Å². The summed E-state index contributed by atoms with van der Waals surface area (Å²) >= 11 is 1.48. The molecule has 28 heavy (non-hydrogen) atoms. The van der Waals surface area contributed by atoms with E-state index in [1.807, 2.05) is 31.4 Å². The first-order valence-electron chi connectivity index (χ1n) is 9.55. The molecule has 2 rings (SSSR count). The van der Waals surface area contributed by atoms with Crippen LogP contribution in [0.1, 0.15) is 49.1 Å². The number of hydrogen-bond acceptors (Lipinski definition) is 6. The van der Waals surface area contributed by atoms with Crippen molar-refractivity contribution in [2.24, 2.45) is 5.16 Å². The summed E-state index contributed by atoms with van der Waals surface area (Å²) in [6.45, 7) is 9.45. The standard InChI is InChI=1S/C22H30N2O3S/c1-6-7-11-26-19-13-16(2)20(17(3)14-19)10-8-9-12-27-22-23-21(15-28-22)18(4)24-25-5/h6-7,13-15H,8-12H2,1-5H3/b7-6+,24-18+. The Kier molecular flexibility index (Phi) is 9.01. The molecule has 0 unspecified atom stereocenters. The van der Waals surface area contributed by atoms with E-state index in [-0.39, 0.29) is 0 Å². The second-order valence-electron chi connectivity index (χ2n) is 6.58. The highest BCUT2D eigenvalue weighted by Gasteiger charge is 2.08. The molecule has 0 atom stereocenters. The van der Waals surface area contributed by atoms with Gasteiger partial charge < -0.3 is 14.3 Å². The summed E-state index contributed by atoms with van der Waals surface area (Å²) < 4.78 is 11.5. The van der Waals surface area contributed by atoms with Crippen LogP contribution in [0.5, 0.6) is 10.9 Å². The van der Waals surface area contributed by atoms with Crippen LogP contribution in [-0.4, -0.2) is 31.0 Å². The van der Waals surface area contributed by atoms with Crippen LogP contribution in [0.25, 0.3) is 0 Å². The van der Waals surface area contributed by atoms with Crippen LogP contribution in [0.4, 0.5) is 0 Å². The monoisotopic (exact) mass is 402 g/mol. The van der Waals surface area contributed by atoms with E-state index >= 15 is 0 Å². The molecule has 152 valence electrons. The first-order valence-corrected chi connectivity index (χ1v) is 10.4. The summed E-state index contributed by atoms with van der Waals surface area (Å²) in [5.41, 5.74) is 5.52. The number of oxime groups is 1. The molecule has 0 N–H and O–H groups in total. The first kappa shape index (κ1) is 22.0. The van der Waals surface area contributed by atoms with E-state index in [2.05, 4.69) is 36.1 Å². The number of aryl methyl sites for hydroxylation is 2. The summed E-state index contributed by atoms with van der Waals surface area (Å²) in [6, 6.07) is 4.26. The zero-order chi connectivity index (χ0) is 20.4. The van der Waals surface area contributed by atoms with Crippen molar-refractivity contribution < 1.29 is 14.3 Å². The van der Waals surface area contributed by atoms with Gasteiger partial charge in [-0.05, 0) is 75.8 Å². The number of unbranched alkanes of at least 4 members (excludes halogenated alkanes) is 1. The average molecular weight is 403 g/mol. The average Bonchev–Trinajstić information content (AvgIpc) is 3.13. The molecule has 0 bridgehead atoms. The molecular formula is C22H30N2O3S. The molecule has 0 spiro atoms. The number of nitrogens with zero attached hydrogens (tertiary/aromatic N) is 2. The molecule has 0 aliphatic carbocycles. The summed E-state index contributed by atoms with van der Waals surface area (Å²) in [4.78, 5) is 9.19. The van der Waals surface area contributed by atoms with Crippen LogP contribution in [0.2, 0.25) is 0 Å². The summed E-state index contributed by atoms with van der Waals surface area (Å²) in [7, 11) is 1.53. The fourth-order valence-corrected chi connectivity index (χ4v) is 3.65. The molecule has 5 nitrogen and oxygen atoms in total. The molecule has 1 heterocycles. The summed E-state index contributed by atoms with van der Waals surface area (Å²) in [6.07, 6.45) is 7.10. The Hall–Kier alpha value is -2.34. The Bertz CT molecular complexity index is 789. The number of rotatable bonds is 11. The smallest absolute Gasteiger partial charge is 0.273 e. The van der Waals surface area contributed by atoms with Gasteiger partial charge in [-0.3, -0.25) is 0 Å². The van der Waals surface area contributed by atoms with E-state index in [0.717, 1.165) is 36.4 Å². The zero-order valence-corrected chi connectivity index (χ0v) is 18.3. The van der Waals surface area contributed by atoms with Crippen LogP contribution in [0.15, 0.2) is 34.8 Å². The third-order valence-electron chi connectivity index (χ3n) is 4.38. The van der Waals surface area contributed by atoms with Crippen LogP contribution in [0, 0.1) is 13.8 Å². The Balaban J connectivity index is 1.78. The molecule has 1 aromatic heterocycles. The maximum Gasteiger partial charge on any atom is 0.273 e. The van der Waals surface area contributed by atoms with Crippen LogP contribution in [-0.2, 0) is 11.3 Å². The quantitative estimate of drug-likeness (QED) is 0.216. The molecule has 2 aromatic rings. The largest absolute Gasteiger partial charge is 0.490 e. The van der Waals surface area contributed by atoms with Gasteiger partial charge in [-0.25, -0.2) is 4.98 Å². The first-order chi connectivity index (χ1) is 13.5. The van der Waals surface area contributed by atoms with Gasteiger partial charge in [-0.15, -0.1) is 0 Å². The minimum absolute atomic E-state index is 0.612. The van der Waals surface area contributed by atoms with Crippen molar-refractivity contribution in [3.05, 3.63) is 52.0 Å². The Morgan fingerprint density at radius 3 is 2.61 bits per heavy atom. The van der Waals surface area contributed by atoms with Crippen molar-refractivity contribution in [1.29, 1.82) is 0 Å². The van der Waals surface area contributed by atoms with E-state index in [1.54, 1.807) is 0 Å². The number of hydrogen-bond donors (Lipinski definition) is 0. The second-order valence-corrected chi connectivity index (χ2v) is 7.40. The normalized spacial score (nSPS) is 11.8. The van der Waals surface area contributed by atoms with Crippen LogP contribution in [0.3, 0.4) is 0 Å². The molecule has 0 radical (unpaired) electrons. The lowest BCUT2D eigenvalue weighted by Crippen LogP contribution is -2.02. The van der Waals surface area contributed by atoms with Crippen molar-refractivity contribution in [3.8, 4) is 10.9 Å². The fourth-order valence-electron chi connectivity index (χ4n) is 2.91. The van der Waals surface area contributed by atoms with Crippen LogP contribution >= 0.6 is 11.3 Å². The lowest BCUT2D eigenvalue weighted by atomic mass is 9.97. The topological polar surface area (TPSA) is 52.9 Å². The van der Waals surface area contributed by atoms with Gasteiger partial charge in [0, 0.05) is 5.38 Å². The number of ether oxygens (including phenoxy) is 2. The maximum absolute atomic E-state index is 5.77. The summed E-state index contributed by atoms with van der Waals surface area (Å²) in [5.74, 6) is 0.937. The van der Waals surface area contributed by atoms with Crippen LogP contribution < -0.4 is 9.47 Å². The molecular weight excluding hydrogens is 372 g/mol. The number of benzene rings is 1. The second kappa shape index (κ2) is 11.5. The highest BCUT2D eigenvalue weighted by molar-refractivity contribution is 7.11. The third-order valence-corrected chi connectivity index (χ3v) is 5.13. The Labute approximate surface area is 172 Å². The number of allylic oxidation sites excluding steroid dienone is 1. The molecule has 0 saturated heterocycles. The van der Waals surface area contributed by atoms with Crippen molar-refractivity contribution in [1.82, 2.24) is 4.98 Å². The predicted octanol–water partition coefficient (Wildman–Crippen LogP) is 5.49. The van der Waals surface area contributed by atoms with Crippen molar-refractivity contribution in [2.45, 2.75) is 47.0 Å². The number of thiazole rings is 1. The van der Waals surface area contributed by atoms with Crippen molar-refractivity contribution in [3.63, 3.8) is 0 Å². The minimum Gasteiger partial charge on any atom is -0.490 e. The number of aromatic nitrogens is 1. The van der Waals surface area contributed by atoms with E-state index in [4.69, 9.17) is 14.3 Å². The van der Waals surface area contributed by atoms with E-state index in [9.17, 15) is 0 Å². The summed E-state index contributed by atoms with van der Waals surface area (Å²) in [5, 5.41) is 6.49. The van der Waals surface area contributed by atoms with Crippen molar-refractivity contribution >= 4 is 17.0 Å². The van der Waals surface area contributed by atoms with Gasteiger partial charge in [0.2, 0.25) is 0 Å². The predicted molar refractivity (Wildman–Crippen MR) is 116 cm³/mol. The van der Waals surface area contributed by atoms with Crippen molar-refractivity contribution in [2.75, 3.05) is 20.3 Å². The molecule has 1 aromatic carbocycles. The lowest BCUT2D eigenvalue weighted by Gasteiger charge is -2.13. The van der Waals surface area contributed by atoms with Gasteiger partial charge in [0.15, 0.2) is 0 Å². The third kappa shape index (κ3) is 6.68. The molecule has 0 amide bonds. The minimum atomic E-state index is 0.612. The van der Waals surface area contributed by atoms with Gasteiger partial charge in [-0.1, -0.05) is 28.6 Å². The molecule has 0 saturated carbocycles. The van der Waals surface area contributed by atoms with Gasteiger partial charge in [0.1, 0.15) is 30.9 Å². The van der Waals surface area contributed by atoms with Gasteiger partial charge >= 0.3 is 0 Å². The Morgan fingerprint density at radius 2 is 1.93 bits per heavy atom. The molecule has 0 aliphatic heterocycles. The molecule has 0 aliphatic rings. The highest BCUT2D eigenvalue weighted by atomic mass is 32.1.